The van der Waals surface area contributed by atoms with Gasteiger partial charge in [0, 0.05) is 0 Å². The van der Waals surface area contributed by atoms with Gasteiger partial charge in [-0.25, -0.2) is 0 Å². The first-order chi connectivity index (χ1) is 7.54. The van der Waals surface area contributed by atoms with Gasteiger partial charge < -0.3 is 27.0 Å². The summed E-state index contributed by atoms with van der Waals surface area (Å²) in [4.78, 5) is 30.0. The molecule has 1 amide bonds. The van der Waals surface area contributed by atoms with Crippen molar-refractivity contribution in [1.82, 2.24) is 5.32 Å². The number of carbonyl (C=O) groups is 3. The lowest BCUT2D eigenvalue weighted by Gasteiger charge is -2.18. The first-order valence-corrected chi connectivity index (χ1v) is 4.73. The van der Waals surface area contributed by atoms with Crippen LogP contribution in [0.25, 0.3) is 0 Å². The highest BCUT2D eigenvalue weighted by molar-refractivity contribution is 5.83. The van der Waals surface area contributed by atoms with E-state index in [0.29, 0.717) is 0 Å². The Bertz CT molecular complexity index is 290. The SMILES string of the molecule is CNC(C)(C)C(N)=O.N[C@@H](CC(=O)O)C(=O)O. The molecule has 1 atom stereocenters. The summed E-state index contributed by atoms with van der Waals surface area (Å²) in [6.07, 6.45) is -0.532. The molecule has 7 N–H and O–H groups in total. The fraction of sp³-hybridized carbons (Fsp3) is 0.667. The minimum Gasteiger partial charge on any atom is -0.481 e. The molecule has 0 aromatic heterocycles. The molecular weight excluding hydrogens is 230 g/mol. The Morgan fingerprint density at radius 3 is 1.76 bits per heavy atom. The van der Waals surface area contributed by atoms with Gasteiger partial charge in [-0.2, -0.15) is 0 Å². The van der Waals surface area contributed by atoms with Crippen LogP contribution in [-0.2, 0) is 14.4 Å². The third-order valence-corrected chi connectivity index (χ3v) is 1.95. The maximum atomic E-state index is 10.4. The zero-order chi connectivity index (χ0) is 14.2. The van der Waals surface area contributed by atoms with Crippen molar-refractivity contribution < 1.29 is 24.6 Å². The van der Waals surface area contributed by atoms with Crippen LogP contribution >= 0.6 is 0 Å². The van der Waals surface area contributed by atoms with E-state index in [1.54, 1.807) is 20.9 Å². The van der Waals surface area contributed by atoms with E-state index in [9.17, 15) is 14.4 Å². The van der Waals surface area contributed by atoms with Crippen LogP contribution in [0.3, 0.4) is 0 Å². The number of carbonyl (C=O) groups excluding carboxylic acids is 1. The van der Waals surface area contributed by atoms with Crippen LogP contribution in [-0.4, -0.2) is 46.7 Å². The predicted molar refractivity (Wildman–Crippen MR) is 60.2 cm³/mol. The highest BCUT2D eigenvalue weighted by Crippen LogP contribution is 1.96. The average Bonchev–Trinajstić information content (AvgIpc) is 2.17. The number of hydrogen-bond acceptors (Lipinski definition) is 5. The Labute approximate surface area is 99.0 Å². The summed E-state index contributed by atoms with van der Waals surface area (Å²) in [5.74, 6) is -2.83. The molecule has 0 heterocycles. The topological polar surface area (TPSA) is 156 Å². The number of carboxylic acid groups (broad SMARTS) is 2. The third-order valence-electron chi connectivity index (χ3n) is 1.95. The van der Waals surface area contributed by atoms with Crippen LogP contribution in [0.1, 0.15) is 20.3 Å². The summed E-state index contributed by atoms with van der Waals surface area (Å²) in [5, 5.41) is 18.8. The molecule has 0 saturated carbocycles. The molecule has 0 bridgehead atoms. The molecule has 8 heteroatoms. The van der Waals surface area contributed by atoms with E-state index < -0.39 is 29.9 Å². The van der Waals surface area contributed by atoms with Crippen LogP contribution in [0.4, 0.5) is 0 Å². The Balaban J connectivity index is 0. The minimum absolute atomic E-state index is 0.333. The lowest BCUT2D eigenvalue weighted by molar-refractivity contribution is -0.144. The number of rotatable bonds is 5. The molecule has 0 aliphatic carbocycles. The normalized spacial score (nSPS) is 12.0. The number of likely N-dealkylation sites (N-methyl/N-ethyl adjacent to an activating group) is 1. The van der Waals surface area contributed by atoms with Crippen LogP contribution in [0, 0.1) is 0 Å². The van der Waals surface area contributed by atoms with Gasteiger partial charge in [0.15, 0.2) is 0 Å². The summed E-state index contributed by atoms with van der Waals surface area (Å²) >= 11 is 0. The fourth-order valence-electron chi connectivity index (χ4n) is 0.399. The molecule has 0 radical (unpaired) electrons. The van der Waals surface area contributed by atoms with Crippen molar-refractivity contribution in [1.29, 1.82) is 0 Å². The highest BCUT2D eigenvalue weighted by atomic mass is 16.4. The molecule has 0 saturated heterocycles. The molecule has 17 heavy (non-hydrogen) atoms. The molecule has 0 rings (SSSR count). The lowest BCUT2D eigenvalue weighted by atomic mass is 10.1. The maximum Gasteiger partial charge on any atom is 0.321 e. The molecule has 0 fully saturated rings. The Kier molecular flexibility index (Phi) is 7.90. The average molecular weight is 249 g/mol. The van der Waals surface area contributed by atoms with Gasteiger partial charge >= 0.3 is 11.9 Å². The van der Waals surface area contributed by atoms with Gasteiger partial charge in [0.1, 0.15) is 6.04 Å². The van der Waals surface area contributed by atoms with Gasteiger partial charge in [0.2, 0.25) is 5.91 Å². The summed E-state index contributed by atoms with van der Waals surface area (Å²) in [5.41, 5.74) is 9.25. The number of carboxylic acids is 2. The van der Waals surface area contributed by atoms with Gasteiger partial charge in [-0.3, -0.25) is 14.4 Å². The van der Waals surface area contributed by atoms with E-state index in [1.165, 1.54) is 0 Å². The number of aliphatic carboxylic acids is 2. The molecule has 8 nitrogen and oxygen atoms in total. The molecule has 0 unspecified atom stereocenters. The van der Waals surface area contributed by atoms with Gasteiger partial charge in [-0.15, -0.1) is 0 Å². The third kappa shape index (κ3) is 9.27. The smallest absolute Gasteiger partial charge is 0.321 e. The van der Waals surface area contributed by atoms with Gasteiger partial charge in [-0.1, -0.05) is 0 Å². The van der Waals surface area contributed by atoms with Crippen LogP contribution in [0.2, 0.25) is 0 Å². The molecule has 100 valence electrons. The van der Waals surface area contributed by atoms with Crippen LogP contribution in [0.5, 0.6) is 0 Å². The van der Waals surface area contributed by atoms with E-state index in [1.807, 2.05) is 0 Å². The van der Waals surface area contributed by atoms with Crippen molar-refractivity contribution in [2.24, 2.45) is 11.5 Å². The second-order valence-corrected chi connectivity index (χ2v) is 3.78. The molecular formula is C9H19N3O5. The summed E-state index contributed by atoms with van der Waals surface area (Å²) in [6.45, 7) is 3.46. The number of hydrogen-bond donors (Lipinski definition) is 5. The minimum atomic E-state index is -1.29. The Morgan fingerprint density at radius 1 is 1.29 bits per heavy atom. The van der Waals surface area contributed by atoms with E-state index in [0.717, 1.165) is 0 Å². The van der Waals surface area contributed by atoms with Crippen molar-refractivity contribution >= 4 is 17.8 Å². The van der Waals surface area contributed by atoms with E-state index in [2.05, 4.69) is 5.32 Å². The van der Waals surface area contributed by atoms with Crippen molar-refractivity contribution in [2.45, 2.75) is 31.8 Å². The first-order valence-electron chi connectivity index (χ1n) is 4.73. The van der Waals surface area contributed by atoms with Gasteiger partial charge in [0.25, 0.3) is 0 Å². The predicted octanol–water partition coefficient (Wildman–Crippen LogP) is -1.66. The lowest BCUT2D eigenvalue weighted by Crippen LogP contribution is -2.48. The monoisotopic (exact) mass is 249 g/mol. The fourth-order valence-corrected chi connectivity index (χ4v) is 0.399. The highest BCUT2D eigenvalue weighted by Gasteiger charge is 2.20. The first kappa shape index (κ1) is 17.7. The zero-order valence-corrected chi connectivity index (χ0v) is 10.1. The molecule has 0 aliphatic rings. The number of amides is 1. The Hall–Kier alpha value is -1.67. The van der Waals surface area contributed by atoms with Crippen molar-refractivity contribution in [3.8, 4) is 0 Å². The second-order valence-electron chi connectivity index (χ2n) is 3.78. The largest absolute Gasteiger partial charge is 0.481 e. The van der Waals surface area contributed by atoms with Crippen molar-refractivity contribution in [2.75, 3.05) is 7.05 Å². The number of nitrogens with one attached hydrogen (secondary N) is 1. The van der Waals surface area contributed by atoms with E-state index in [4.69, 9.17) is 21.7 Å². The van der Waals surface area contributed by atoms with Crippen LogP contribution in [0.15, 0.2) is 0 Å². The Morgan fingerprint density at radius 2 is 1.71 bits per heavy atom. The second kappa shape index (κ2) is 7.58. The molecule has 0 aromatic rings. The zero-order valence-electron chi connectivity index (χ0n) is 10.1. The summed E-state index contributed by atoms with van der Waals surface area (Å²) in [7, 11) is 1.70. The van der Waals surface area contributed by atoms with E-state index in [-0.39, 0.29) is 5.91 Å². The summed E-state index contributed by atoms with van der Waals surface area (Å²) < 4.78 is 0. The van der Waals surface area contributed by atoms with Gasteiger partial charge in [-0.05, 0) is 20.9 Å². The van der Waals surface area contributed by atoms with Crippen molar-refractivity contribution in [3.05, 3.63) is 0 Å². The van der Waals surface area contributed by atoms with Gasteiger partial charge in [0.05, 0.1) is 12.0 Å². The molecule has 0 aliphatic heterocycles. The van der Waals surface area contributed by atoms with Crippen molar-refractivity contribution in [3.63, 3.8) is 0 Å². The number of nitrogens with two attached hydrogens (primary N) is 2. The molecule has 0 aromatic carbocycles. The molecule has 0 spiro atoms. The number of primary amides is 1. The maximum absolute atomic E-state index is 10.4. The quantitative estimate of drug-likeness (QED) is 0.390. The van der Waals surface area contributed by atoms with E-state index >= 15 is 0 Å². The summed E-state index contributed by atoms with van der Waals surface area (Å²) in [6, 6.07) is -1.29. The van der Waals surface area contributed by atoms with Crippen LogP contribution < -0.4 is 16.8 Å². The standard InChI is InChI=1S/C5H12N2O.C4H7NO4/c1-5(2,7-3)4(6)8;5-2(4(8)9)1-3(6)7/h7H,1-3H3,(H2,6,8);2H,1,5H2,(H,6,7)(H,8,9)/t;2-/m.0/s1.